The van der Waals surface area contributed by atoms with Crippen LogP contribution < -0.4 is 5.32 Å². The molecule has 1 N–H and O–H groups in total. The molecule has 9 nitrogen and oxygen atoms in total. The third-order valence-corrected chi connectivity index (χ3v) is 10.9. The Labute approximate surface area is 282 Å². The lowest BCUT2D eigenvalue weighted by molar-refractivity contribution is -0.140. The highest BCUT2D eigenvalue weighted by Crippen LogP contribution is 2.39. The molecule has 46 heavy (non-hydrogen) atoms. The highest BCUT2D eigenvalue weighted by molar-refractivity contribution is 7.11. The molecule has 2 aromatic heterocycles. The minimum Gasteiger partial charge on any atom is -0.469 e. The number of rotatable bonds is 9. The van der Waals surface area contributed by atoms with Crippen molar-refractivity contribution in [3.63, 3.8) is 0 Å². The van der Waals surface area contributed by atoms with Crippen molar-refractivity contribution >= 4 is 68.9 Å². The molecule has 6 rings (SSSR count). The second-order valence-electron chi connectivity index (χ2n) is 12.0. The first kappa shape index (κ1) is 32.5. The Hall–Kier alpha value is -3.44. The van der Waals surface area contributed by atoms with Crippen molar-refractivity contribution in [3.05, 3.63) is 79.8 Å². The maximum atomic E-state index is 14.0. The number of fused-ring (bicyclic) bond motifs is 1. The number of aryl methyl sites for hydroxylation is 2. The van der Waals surface area contributed by atoms with E-state index in [1.54, 1.807) is 29.7 Å². The van der Waals surface area contributed by atoms with E-state index in [2.05, 4.69) is 10.2 Å². The summed E-state index contributed by atoms with van der Waals surface area (Å²) in [6.07, 6.45) is 8.89. The number of ether oxygens (including phenoxy) is 1. The number of hydrogen-bond donors (Lipinski definition) is 1. The van der Waals surface area contributed by atoms with Crippen LogP contribution in [0, 0.1) is 0 Å². The Bertz CT molecular complexity index is 1770. The summed E-state index contributed by atoms with van der Waals surface area (Å²) >= 11 is 14.9. The fourth-order valence-corrected chi connectivity index (χ4v) is 8.09. The number of likely N-dealkylation sites (tertiary alicyclic amines) is 2. The van der Waals surface area contributed by atoms with Gasteiger partial charge in [0.2, 0.25) is 5.91 Å². The van der Waals surface area contributed by atoms with Crippen LogP contribution in [0.15, 0.2) is 48.8 Å². The Morgan fingerprint density at radius 1 is 1.09 bits per heavy atom. The van der Waals surface area contributed by atoms with Crippen molar-refractivity contribution in [2.24, 2.45) is 7.05 Å². The van der Waals surface area contributed by atoms with E-state index in [1.807, 2.05) is 47.0 Å². The van der Waals surface area contributed by atoms with Crippen LogP contribution in [0.5, 0.6) is 0 Å². The highest BCUT2D eigenvalue weighted by atomic mass is 35.5. The zero-order valence-corrected chi connectivity index (χ0v) is 28.3. The van der Waals surface area contributed by atoms with Crippen molar-refractivity contribution in [3.8, 4) is 0 Å². The quantitative estimate of drug-likeness (QED) is 0.198. The Balaban J connectivity index is 1.19. The van der Waals surface area contributed by atoms with Crippen LogP contribution >= 0.6 is 34.5 Å². The second kappa shape index (κ2) is 14.1. The lowest BCUT2D eigenvalue weighted by Gasteiger charge is -2.32. The summed E-state index contributed by atoms with van der Waals surface area (Å²) in [6, 6.07) is 11.1. The van der Waals surface area contributed by atoms with Gasteiger partial charge in [-0.1, -0.05) is 47.8 Å². The Morgan fingerprint density at radius 2 is 1.87 bits per heavy atom. The van der Waals surface area contributed by atoms with E-state index >= 15 is 0 Å². The third kappa shape index (κ3) is 6.95. The number of nitrogens with zero attached hydrogens (tertiary/aromatic N) is 4. The van der Waals surface area contributed by atoms with Crippen molar-refractivity contribution in [1.29, 1.82) is 0 Å². The number of esters is 1. The van der Waals surface area contributed by atoms with Crippen molar-refractivity contribution in [1.82, 2.24) is 19.4 Å². The van der Waals surface area contributed by atoms with E-state index in [0.717, 1.165) is 40.3 Å². The summed E-state index contributed by atoms with van der Waals surface area (Å²) in [4.78, 5) is 49.0. The van der Waals surface area contributed by atoms with E-state index in [1.165, 1.54) is 26.4 Å². The van der Waals surface area contributed by atoms with Gasteiger partial charge in [0.15, 0.2) is 0 Å². The van der Waals surface area contributed by atoms with E-state index in [9.17, 15) is 14.4 Å². The maximum absolute atomic E-state index is 14.0. The van der Waals surface area contributed by atoms with E-state index in [-0.39, 0.29) is 36.3 Å². The van der Waals surface area contributed by atoms with Crippen LogP contribution in [0.25, 0.3) is 10.9 Å². The SMILES string of the molecule is COC(=O)CCc1cnc([C@@H]2C[C@H](N3CCCCC3)CN2C(=O)Cc2cc(Cl)c(NC(=O)c3cn(C)c4ccccc34)cc2Cl)s1. The maximum Gasteiger partial charge on any atom is 0.305 e. The monoisotopic (exact) mass is 681 g/mol. The minimum atomic E-state index is -0.295. The number of methoxy groups -OCH3 is 1. The summed E-state index contributed by atoms with van der Waals surface area (Å²) in [5, 5.41) is 5.27. The van der Waals surface area contributed by atoms with E-state index in [0.29, 0.717) is 46.2 Å². The molecule has 2 saturated heterocycles. The number of amides is 2. The average molecular weight is 683 g/mol. The van der Waals surface area contributed by atoms with E-state index in [4.69, 9.17) is 32.9 Å². The zero-order chi connectivity index (χ0) is 32.4. The number of benzene rings is 2. The number of anilines is 1. The molecule has 0 radical (unpaired) electrons. The summed E-state index contributed by atoms with van der Waals surface area (Å²) < 4.78 is 6.70. The van der Waals surface area contributed by atoms with Gasteiger partial charge in [-0.2, -0.15) is 0 Å². The smallest absolute Gasteiger partial charge is 0.305 e. The minimum absolute atomic E-state index is 0.0543. The molecule has 0 spiro atoms. The number of halogens is 2. The molecule has 2 aromatic carbocycles. The number of aromatic nitrogens is 2. The molecule has 4 aromatic rings. The van der Waals surface area contributed by atoms with Gasteiger partial charge in [-0.3, -0.25) is 19.3 Å². The van der Waals surface area contributed by atoms with Gasteiger partial charge in [-0.15, -0.1) is 11.3 Å². The lowest BCUT2D eigenvalue weighted by atomic mass is 10.1. The Morgan fingerprint density at radius 3 is 2.65 bits per heavy atom. The molecule has 2 aliphatic rings. The molecule has 0 unspecified atom stereocenters. The third-order valence-electron chi connectivity index (χ3n) is 9.03. The van der Waals surface area contributed by atoms with Gasteiger partial charge < -0.3 is 19.5 Å². The van der Waals surface area contributed by atoms with Gasteiger partial charge in [0.1, 0.15) is 5.01 Å². The fraction of sp³-hybridized carbons (Fsp3) is 0.412. The summed E-state index contributed by atoms with van der Waals surface area (Å²) in [5.41, 5.74) is 2.46. The molecule has 2 atom stereocenters. The molecular weight excluding hydrogens is 645 g/mol. The number of piperidine rings is 1. The summed E-state index contributed by atoms with van der Waals surface area (Å²) in [5.74, 6) is -0.606. The fourth-order valence-electron chi connectivity index (χ4n) is 6.59. The van der Waals surface area contributed by atoms with Crippen LogP contribution in [0.4, 0.5) is 5.69 Å². The largest absolute Gasteiger partial charge is 0.469 e. The average Bonchev–Trinajstić information content (AvgIpc) is 3.80. The van der Waals surface area contributed by atoms with Gasteiger partial charge in [0.05, 0.1) is 42.3 Å². The van der Waals surface area contributed by atoms with Gasteiger partial charge in [0.25, 0.3) is 5.91 Å². The van der Waals surface area contributed by atoms with Crippen molar-refractivity contribution in [2.75, 3.05) is 32.1 Å². The number of carbonyl (C=O) groups excluding carboxylic acids is 3. The Kier molecular flexibility index (Phi) is 9.98. The van der Waals surface area contributed by atoms with Crippen LogP contribution in [0.3, 0.4) is 0 Å². The van der Waals surface area contributed by atoms with Crippen molar-refractivity contribution < 1.29 is 19.1 Å². The molecule has 4 heterocycles. The highest BCUT2D eigenvalue weighted by Gasteiger charge is 2.40. The number of para-hydroxylation sites is 1. The van der Waals surface area contributed by atoms with Crippen molar-refractivity contribution in [2.45, 2.75) is 57.0 Å². The second-order valence-corrected chi connectivity index (χ2v) is 14.0. The van der Waals surface area contributed by atoms with Gasteiger partial charge in [0, 0.05) is 52.8 Å². The summed E-state index contributed by atoms with van der Waals surface area (Å²) in [6.45, 7) is 2.69. The first-order chi connectivity index (χ1) is 22.2. The predicted octanol–water partition coefficient (Wildman–Crippen LogP) is 6.67. The topological polar surface area (TPSA) is 96.8 Å². The first-order valence-corrected chi connectivity index (χ1v) is 17.2. The molecule has 2 aliphatic heterocycles. The number of thiazole rings is 1. The molecular formula is C34H37Cl2N5O4S. The lowest BCUT2D eigenvalue weighted by Crippen LogP contribution is -2.42. The van der Waals surface area contributed by atoms with Crippen LogP contribution in [-0.4, -0.2) is 69.9 Å². The molecule has 2 amide bonds. The normalized spacial score (nSPS) is 18.7. The number of hydrogen-bond acceptors (Lipinski definition) is 7. The molecule has 0 aliphatic carbocycles. The molecule has 242 valence electrons. The molecule has 2 fully saturated rings. The van der Waals surface area contributed by atoms with Gasteiger partial charge in [-0.25, -0.2) is 4.98 Å². The van der Waals surface area contributed by atoms with Crippen LogP contribution in [0.1, 0.15) is 64.0 Å². The molecule has 12 heteroatoms. The molecule has 0 saturated carbocycles. The van der Waals surface area contributed by atoms with Gasteiger partial charge in [-0.05, 0) is 62.5 Å². The van der Waals surface area contributed by atoms with Crippen LogP contribution in [-0.2, 0) is 34.2 Å². The van der Waals surface area contributed by atoms with Gasteiger partial charge >= 0.3 is 5.97 Å². The summed E-state index contributed by atoms with van der Waals surface area (Å²) in [7, 11) is 3.28. The van der Waals surface area contributed by atoms with E-state index < -0.39 is 0 Å². The number of nitrogens with one attached hydrogen (secondary N) is 1. The number of carbonyl (C=O) groups is 3. The first-order valence-electron chi connectivity index (χ1n) is 15.6. The molecule has 0 bridgehead atoms. The zero-order valence-electron chi connectivity index (χ0n) is 25.9. The van der Waals surface area contributed by atoms with Crippen LogP contribution in [0.2, 0.25) is 10.0 Å². The standard InChI is InChI=1S/C34H37Cl2N5O4S/c1-39-20-25(24-8-4-5-9-29(24)39)33(44)38-28-17-26(35)21(14-27(28)36)15-31(42)41-19-22(40-12-6-3-7-13-40)16-30(41)34-37-18-23(46-34)10-11-32(43)45-2/h4-5,8-9,14,17-18,20,22,30H,3,6-7,10-13,15-16,19H2,1-2H3,(H,38,44)/t22-,30-/m0/s1. The predicted molar refractivity (Wildman–Crippen MR) is 182 cm³/mol.